The molecule has 1 fully saturated rings. The van der Waals surface area contributed by atoms with E-state index in [0.717, 1.165) is 0 Å². The van der Waals surface area contributed by atoms with Crippen molar-refractivity contribution in [3.8, 4) is 0 Å². The van der Waals surface area contributed by atoms with E-state index in [1.807, 2.05) is 0 Å². The molecule has 1 aromatic heterocycles. The van der Waals surface area contributed by atoms with Gasteiger partial charge in [-0.2, -0.15) is 4.57 Å². The molecule has 25 heavy (non-hydrogen) atoms. The second-order valence-electron chi connectivity index (χ2n) is 5.87. The normalized spacial score (nSPS) is 28.9. The summed E-state index contributed by atoms with van der Waals surface area (Å²) in [7, 11) is -4.30. The van der Waals surface area contributed by atoms with Crippen molar-refractivity contribution < 1.29 is 42.8 Å². The lowest BCUT2D eigenvalue weighted by atomic mass is 10.1. The number of carbonyl (C=O) groups excluding carboxylic acids is 1. The third kappa shape index (κ3) is 5.05. The number of nitrogens with zero attached hydrogens (tertiary/aromatic N) is 1. The molecule has 1 amide bonds. The van der Waals surface area contributed by atoms with Crippen molar-refractivity contribution in [2.45, 2.75) is 44.5 Å². The number of rotatable bonds is 7. The van der Waals surface area contributed by atoms with E-state index in [0.29, 0.717) is 0 Å². The first-order valence-corrected chi connectivity index (χ1v) is 9.08. The Hall–Kier alpha value is -1.39. The first-order chi connectivity index (χ1) is 11.6. The number of hydrogen-bond donors (Lipinski definition) is 4. The molecule has 0 aromatic carbocycles. The molecule has 1 aromatic rings. The number of ether oxygens (including phenoxy) is 1. The van der Waals surface area contributed by atoms with Gasteiger partial charge in [-0.15, -0.1) is 0 Å². The highest BCUT2D eigenvalue weighted by atomic mass is 31.2. The molecule has 140 valence electrons. The predicted molar refractivity (Wildman–Crippen MR) is 83.1 cm³/mol. The fourth-order valence-electron chi connectivity index (χ4n) is 2.37. The Labute approximate surface area is 144 Å². The quantitative estimate of drug-likeness (QED) is 0.357. The van der Waals surface area contributed by atoms with E-state index >= 15 is 0 Å². The third-order valence-electron chi connectivity index (χ3n) is 3.48. The van der Waals surface area contributed by atoms with E-state index in [-0.39, 0.29) is 5.56 Å². The highest BCUT2D eigenvalue weighted by Gasteiger charge is 2.49. The zero-order valence-corrected chi connectivity index (χ0v) is 14.7. The summed E-state index contributed by atoms with van der Waals surface area (Å²) < 4.78 is 28.1. The molecule has 1 aliphatic heterocycles. The third-order valence-corrected chi connectivity index (χ3v) is 4.65. The van der Waals surface area contributed by atoms with Gasteiger partial charge in [0.05, 0.1) is 12.7 Å². The van der Waals surface area contributed by atoms with Crippen LogP contribution in [-0.4, -0.2) is 52.0 Å². The smallest absolute Gasteiger partial charge is 0.387 e. The van der Waals surface area contributed by atoms with Crippen molar-refractivity contribution in [3.63, 3.8) is 0 Å². The van der Waals surface area contributed by atoms with Crippen LogP contribution >= 0.6 is 7.82 Å². The van der Waals surface area contributed by atoms with E-state index < -0.39 is 51.0 Å². The minimum absolute atomic E-state index is 0.192. The summed E-state index contributed by atoms with van der Waals surface area (Å²) >= 11 is 0. The minimum atomic E-state index is -4.30. The van der Waals surface area contributed by atoms with Gasteiger partial charge in [0, 0.05) is 6.07 Å². The number of phosphoric acid groups is 1. The van der Waals surface area contributed by atoms with Gasteiger partial charge in [-0.1, -0.05) is 0 Å². The second-order valence-corrected chi connectivity index (χ2v) is 7.27. The molecule has 5 atom stereocenters. The van der Waals surface area contributed by atoms with Crippen molar-refractivity contribution in [1.82, 2.24) is 0 Å². The molecule has 0 spiro atoms. The summed E-state index contributed by atoms with van der Waals surface area (Å²) in [4.78, 5) is 20.8. The number of aromatic nitrogens is 1. The summed E-state index contributed by atoms with van der Waals surface area (Å²) in [6.07, 6.45) is -2.44. The maximum absolute atomic E-state index is 11.7. The average molecular weight is 377 g/mol. The molecule has 0 radical (unpaired) electrons. The highest BCUT2D eigenvalue weighted by Crippen LogP contribution is 2.45. The summed E-state index contributed by atoms with van der Waals surface area (Å²) in [6.45, 7) is 2.66. The second kappa shape index (κ2) is 7.88. The number of amides is 1. The van der Waals surface area contributed by atoms with Crippen LogP contribution in [0.1, 0.15) is 30.4 Å². The van der Waals surface area contributed by atoms with Crippen LogP contribution in [0, 0.1) is 0 Å². The lowest BCUT2D eigenvalue weighted by Gasteiger charge is -2.18. The van der Waals surface area contributed by atoms with Crippen molar-refractivity contribution in [1.29, 1.82) is 0 Å². The van der Waals surface area contributed by atoms with Gasteiger partial charge < -0.3 is 25.6 Å². The van der Waals surface area contributed by atoms with Crippen LogP contribution in [0.5, 0.6) is 0 Å². The van der Waals surface area contributed by atoms with E-state index in [1.165, 1.54) is 29.1 Å². The Kier molecular flexibility index (Phi) is 6.28. The highest BCUT2D eigenvalue weighted by molar-refractivity contribution is 7.47. The van der Waals surface area contributed by atoms with Gasteiger partial charge in [0.15, 0.2) is 18.5 Å². The molecule has 1 aliphatic rings. The van der Waals surface area contributed by atoms with Crippen LogP contribution in [0.25, 0.3) is 0 Å². The Morgan fingerprint density at radius 3 is 2.72 bits per heavy atom. The van der Waals surface area contributed by atoms with E-state index in [4.69, 9.17) is 19.5 Å². The number of nitrogens with two attached hydrogens (primary N) is 1. The van der Waals surface area contributed by atoms with Gasteiger partial charge in [0.2, 0.25) is 0 Å². The van der Waals surface area contributed by atoms with Gasteiger partial charge in [-0.3, -0.25) is 13.8 Å². The monoisotopic (exact) mass is 377 g/mol. The zero-order chi connectivity index (χ0) is 18.8. The molecule has 0 saturated carbocycles. The van der Waals surface area contributed by atoms with Crippen molar-refractivity contribution in [2.24, 2.45) is 5.73 Å². The summed E-state index contributed by atoms with van der Waals surface area (Å²) in [6, 6.07) is 3.02. The maximum Gasteiger partial charge on any atom is 0.472 e. The van der Waals surface area contributed by atoms with Crippen molar-refractivity contribution >= 4 is 13.7 Å². The van der Waals surface area contributed by atoms with Crippen LogP contribution in [0.2, 0.25) is 0 Å². The molecular weight excluding hydrogens is 355 g/mol. The lowest BCUT2D eigenvalue weighted by molar-refractivity contribution is -0.765. The van der Waals surface area contributed by atoms with E-state index in [9.17, 15) is 24.5 Å². The number of pyridine rings is 1. The summed E-state index contributed by atoms with van der Waals surface area (Å²) in [5.74, 6) is -0.658. The van der Waals surface area contributed by atoms with E-state index in [2.05, 4.69) is 0 Å². The Bertz CT molecular complexity index is 670. The molecule has 10 nitrogen and oxygen atoms in total. The van der Waals surface area contributed by atoms with Crippen LogP contribution in [0.3, 0.4) is 0 Å². The zero-order valence-electron chi connectivity index (χ0n) is 13.8. The number of carbonyl (C=O) groups is 1. The van der Waals surface area contributed by atoms with Crippen molar-refractivity contribution in [2.75, 3.05) is 6.61 Å². The average Bonchev–Trinajstić information content (AvgIpc) is 2.80. The van der Waals surface area contributed by atoms with Crippen LogP contribution in [-0.2, 0) is 18.3 Å². The Morgan fingerprint density at radius 1 is 1.44 bits per heavy atom. The lowest BCUT2D eigenvalue weighted by Crippen LogP contribution is -2.46. The molecule has 2 heterocycles. The minimum Gasteiger partial charge on any atom is -0.387 e. The summed E-state index contributed by atoms with van der Waals surface area (Å²) in [5, 5.41) is 20.2. The van der Waals surface area contributed by atoms with Gasteiger partial charge in [-0.05, 0) is 19.9 Å². The maximum atomic E-state index is 11.7. The number of aliphatic hydroxyl groups excluding tert-OH is 2. The molecule has 2 unspecified atom stereocenters. The molecule has 1 saturated heterocycles. The fraction of sp³-hybridized carbons (Fsp3) is 0.571. The van der Waals surface area contributed by atoms with Crippen LogP contribution in [0.15, 0.2) is 24.5 Å². The largest absolute Gasteiger partial charge is 0.472 e. The number of primary amides is 1. The van der Waals surface area contributed by atoms with Gasteiger partial charge in [-0.25, -0.2) is 4.57 Å². The van der Waals surface area contributed by atoms with Gasteiger partial charge >= 0.3 is 7.82 Å². The van der Waals surface area contributed by atoms with Gasteiger partial charge in [0.25, 0.3) is 12.1 Å². The first-order valence-electron chi connectivity index (χ1n) is 7.58. The number of phosphoric ester groups is 1. The SMILES string of the molecule is CC(C)OP(=O)(O)OC[C@H]1OC([n+]2cccc(C(N)=O)c2)[C@H](O)[C@@H]1O. The molecule has 0 aliphatic carbocycles. The Balaban J connectivity index is 2.07. The van der Waals surface area contributed by atoms with Crippen LogP contribution < -0.4 is 10.3 Å². The van der Waals surface area contributed by atoms with E-state index in [1.54, 1.807) is 13.8 Å². The van der Waals surface area contributed by atoms with Crippen LogP contribution in [0.4, 0.5) is 0 Å². The first kappa shape index (κ1) is 19.9. The fourth-order valence-corrected chi connectivity index (χ4v) is 3.30. The summed E-state index contributed by atoms with van der Waals surface area (Å²) in [5.41, 5.74) is 5.40. The number of hydrogen-bond acceptors (Lipinski definition) is 7. The van der Waals surface area contributed by atoms with Crippen molar-refractivity contribution in [3.05, 3.63) is 30.1 Å². The molecule has 0 bridgehead atoms. The van der Waals surface area contributed by atoms with Gasteiger partial charge in [0.1, 0.15) is 17.8 Å². The molecule has 5 N–H and O–H groups in total. The molecule has 11 heteroatoms. The standard InChI is InChI=1S/C14H21N2O8P/c1-8(2)24-25(20,21)22-7-10-11(17)12(18)14(23-10)16-5-3-4-9(6-16)13(15)19/h3-6,8,10-12,14,17-18H,7H2,1-2H3,(H2-,15,19,20,21)/p+1/t10-,11-,12-,14?/m1/s1. The molecular formula is C14H22N2O8P+. The molecule has 2 rings (SSSR count). The Morgan fingerprint density at radius 2 is 2.12 bits per heavy atom. The topological polar surface area (TPSA) is 152 Å². The predicted octanol–water partition coefficient (Wildman–Crippen LogP) is -0.766. The number of aliphatic hydroxyl groups is 2.